The molecule has 48 valence electrons. The summed E-state index contributed by atoms with van der Waals surface area (Å²) >= 11 is 1.32. The first-order chi connectivity index (χ1) is 4.06. The first-order valence-corrected chi connectivity index (χ1v) is 4.23. The SMILES string of the molecule is C=C(C)C(=O)O.C[CH]=[Zn]. The Morgan fingerprint density at radius 1 is 1.78 bits per heavy atom. The Morgan fingerprint density at radius 2 is 1.89 bits per heavy atom. The Kier molecular flexibility index (Phi) is 9.84. The molecule has 0 unspecified atom stereocenters. The van der Waals surface area contributed by atoms with Gasteiger partial charge in [0.15, 0.2) is 0 Å². The molecule has 0 aliphatic carbocycles. The maximum atomic E-state index is 9.60. The average molecular weight is 180 g/mol. The number of aliphatic carboxylic acids is 1. The third-order valence-electron chi connectivity index (χ3n) is 0.365. The van der Waals surface area contributed by atoms with Crippen LogP contribution in [0.5, 0.6) is 0 Å². The minimum absolute atomic E-state index is 0.176. The predicted octanol–water partition coefficient (Wildman–Crippen LogP) is 1.00. The molecule has 0 aliphatic heterocycles. The molecule has 0 aromatic heterocycles. The van der Waals surface area contributed by atoms with Crippen LogP contribution in [0.3, 0.4) is 0 Å². The number of carboxylic acids is 1. The minimum atomic E-state index is -0.935. The van der Waals surface area contributed by atoms with Crippen LogP contribution < -0.4 is 0 Å². The quantitative estimate of drug-likeness (QED) is 0.482. The van der Waals surface area contributed by atoms with Gasteiger partial charge in [-0.1, -0.05) is 6.58 Å². The Bertz CT molecular complexity index is 106. The molecule has 0 aromatic rings. The van der Waals surface area contributed by atoms with Gasteiger partial charge in [0.25, 0.3) is 0 Å². The van der Waals surface area contributed by atoms with Gasteiger partial charge in [0, 0.05) is 5.57 Å². The zero-order valence-corrected chi connectivity index (χ0v) is 8.81. The Hall–Kier alpha value is -0.297. The summed E-state index contributed by atoms with van der Waals surface area (Å²) in [5.41, 5.74) is 0.176. The van der Waals surface area contributed by atoms with Crippen molar-refractivity contribution in [2.45, 2.75) is 13.8 Å². The number of hydrogen-bond acceptors (Lipinski definition) is 1. The van der Waals surface area contributed by atoms with Gasteiger partial charge in [-0.2, -0.15) is 0 Å². The molecule has 0 saturated heterocycles. The molecule has 9 heavy (non-hydrogen) atoms. The third-order valence-corrected chi connectivity index (χ3v) is 0.365. The van der Waals surface area contributed by atoms with E-state index in [1.165, 1.54) is 24.8 Å². The van der Waals surface area contributed by atoms with Crippen LogP contribution in [0.1, 0.15) is 13.8 Å². The summed E-state index contributed by atoms with van der Waals surface area (Å²) in [6.07, 6.45) is 0. The molecule has 2 nitrogen and oxygen atoms in total. The molecule has 0 rings (SSSR count). The van der Waals surface area contributed by atoms with Crippen molar-refractivity contribution in [3.8, 4) is 0 Å². The average Bonchev–Trinajstić information content (AvgIpc) is 1.68. The predicted molar refractivity (Wildman–Crippen MR) is 34.2 cm³/mol. The van der Waals surface area contributed by atoms with Crippen LogP contribution in [0.2, 0.25) is 0 Å². The van der Waals surface area contributed by atoms with E-state index in [0.717, 1.165) is 0 Å². The van der Waals surface area contributed by atoms with Gasteiger partial charge < -0.3 is 5.11 Å². The van der Waals surface area contributed by atoms with E-state index in [0.29, 0.717) is 0 Å². The standard InChI is InChI=1S/C4H6O2.C2H4.Zn/c1-3(2)4(5)6;1-2;/h1H2,2H3,(H,5,6);1H,2H3;. The Morgan fingerprint density at radius 3 is 1.89 bits per heavy atom. The van der Waals surface area contributed by atoms with E-state index in [1.54, 1.807) is 0 Å². The first-order valence-electron chi connectivity index (χ1n) is 2.52. The summed E-state index contributed by atoms with van der Waals surface area (Å²) in [7, 11) is 0. The van der Waals surface area contributed by atoms with Gasteiger partial charge in [-0.3, -0.25) is 0 Å². The van der Waals surface area contributed by atoms with Crippen molar-refractivity contribution in [3.05, 3.63) is 12.2 Å². The molecule has 0 saturated carbocycles. The van der Waals surface area contributed by atoms with Crippen LogP contribution in [-0.2, 0) is 22.6 Å². The van der Waals surface area contributed by atoms with Crippen LogP contribution in [0, 0.1) is 0 Å². The molecule has 0 aliphatic rings. The topological polar surface area (TPSA) is 37.3 Å². The summed E-state index contributed by atoms with van der Waals surface area (Å²) in [5, 5.41) is 7.89. The molecule has 0 bridgehead atoms. The molecule has 1 N–H and O–H groups in total. The van der Waals surface area contributed by atoms with Crippen LogP contribution in [0.15, 0.2) is 12.2 Å². The zero-order valence-electron chi connectivity index (χ0n) is 5.85. The monoisotopic (exact) mass is 178 g/mol. The van der Waals surface area contributed by atoms with Gasteiger partial charge in [-0.15, -0.1) is 0 Å². The molecule has 0 fully saturated rings. The summed E-state index contributed by atoms with van der Waals surface area (Å²) in [5.74, 6) is -0.935. The van der Waals surface area contributed by atoms with E-state index in [4.69, 9.17) is 5.11 Å². The van der Waals surface area contributed by atoms with Crippen molar-refractivity contribution in [3.63, 3.8) is 0 Å². The van der Waals surface area contributed by atoms with Crippen molar-refractivity contribution >= 4 is 10.6 Å². The number of hydrogen-bond donors (Lipinski definition) is 1. The van der Waals surface area contributed by atoms with E-state index >= 15 is 0 Å². The van der Waals surface area contributed by atoms with Gasteiger partial charge in [0.2, 0.25) is 0 Å². The molecule has 3 heteroatoms. The molecule has 0 radical (unpaired) electrons. The molecular formula is C6H10O2Zn. The van der Waals surface area contributed by atoms with Crippen molar-refractivity contribution in [1.82, 2.24) is 0 Å². The van der Waals surface area contributed by atoms with E-state index in [1.807, 2.05) is 0 Å². The van der Waals surface area contributed by atoms with Crippen LogP contribution in [0.25, 0.3) is 0 Å². The number of carboxylic acid groups (broad SMARTS) is 1. The van der Waals surface area contributed by atoms with Crippen LogP contribution in [-0.4, -0.2) is 15.7 Å². The fourth-order valence-corrected chi connectivity index (χ4v) is 0. The van der Waals surface area contributed by atoms with Gasteiger partial charge >= 0.3 is 35.4 Å². The second-order valence-corrected chi connectivity index (χ2v) is 3.21. The zero-order chi connectivity index (χ0) is 7.86. The number of carbonyl (C=O) groups is 1. The van der Waals surface area contributed by atoms with Gasteiger partial charge in [0.05, 0.1) is 0 Å². The van der Waals surface area contributed by atoms with Crippen LogP contribution in [0.4, 0.5) is 0 Å². The summed E-state index contributed by atoms with van der Waals surface area (Å²) < 4.78 is 2.12. The van der Waals surface area contributed by atoms with Crippen molar-refractivity contribution in [2.24, 2.45) is 0 Å². The second kappa shape index (κ2) is 7.70. The Balaban J connectivity index is 0. The van der Waals surface area contributed by atoms with Crippen molar-refractivity contribution in [2.75, 3.05) is 0 Å². The van der Waals surface area contributed by atoms with Gasteiger partial charge in [-0.05, 0) is 6.92 Å². The summed E-state index contributed by atoms with van der Waals surface area (Å²) in [6.45, 7) is 6.66. The molecule has 0 spiro atoms. The fourth-order valence-electron chi connectivity index (χ4n) is 0. The normalized spacial score (nSPS) is 6.67. The molecule has 0 aromatic carbocycles. The van der Waals surface area contributed by atoms with Crippen molar-refractivity contribution in [1.29, 1.82) is 0 Å². The second-order valence-electron chi connectivity index (χ2n) is 1.49. The van der Waals surface area contributed by atoms with Crippen molar-refractivity contribution < 1.29 is 27.8 Å². The molecule has 0 heterocycles. The van der Waals surface area contributed by atoms with Gasteiger partial charge in [0.1, 0.15) is 0 Å². The van der Waals surface area contributed by atoms with E-state index < -0.39 is 5.97 Å². The fraction of sp³-hybridized carbons (Fsp3) is 0.333. The van der Waals surface area contributed by atoms with Gasteiger partial charge in [-0.25, -0.2) is 4.79 Å². The molecule has 0 atom stereocenters. The third kappa shape index (κ3) is 18.3. The molecule has 0 amide bonds. The van der Waals surface area contributed by atoms with Crippen LogP contribution >= 0.6 is 0 Å². The first kappa shape index (κ1) is 11.5. The molecular weight excluding hydrogens is 169 g/mol. The van der Waals surface area contributed by atoms with E-state index in [9.17, 15) is 4.79 Å². The van der Waals surface area contributed by atoms with E-state index in [-0.39, 0.29) is 5.57 Å². The number of rotatable bonds is 1. The maximum absolute atomic E-state index is 9.60. The summed E-state index contributed by atoms with van der Waals surface area (Å²) in [4.78, 5) is 9.60. The Labute approximate surface area is 64.8 Å². The summed E-state index contributed by atoms with van der Waals surface area (Å²) in [6, 6.07) is 0. The van der Waals surface area contributed by atoms with E-state index in [2.05, 4.69) is 18.1 Å².